The molecule has 0 aliphatic carbocycles. The number of hydrogen-bond donors (Lipinski definition) is 2. The zero-order valence-corrected chi connectivity index (χ0v) is 19.7. The molecule has 2 heterocycles. The average Bonchev–Trinajstić information content (AvgIpc) is 3.02. The number of halogens is 1. The Hall–Kier alpha value is -0.380. The van der Waals surface area contributed by atoms with Gasteiger partial charge in [-0.1, -0.05) is 13.8 Å². The van der Waals surface area contributed by atoms with Crippen LogP contribution in [0.2, 0.25) is 0 Å². The van der Waals surface area contributed by atoms with Gasteiger partial charge in [-0.15, -0.1) is 35.3 Å². The second kappa shape index (κ2) is 12.9. The fraction of sp³-hybridized carbons (Fsp3) is 0.737. The summed E-state index contributed by atoms with van der Waals surface area (Å²) in [6.45, 7) is 15.1. The predicted octanol–water partition coefficient (Wildman–Crippen LogP) is 3.48. The molecule has 0 saturated carbocycles. The first-order valence-electron chi connectivity index (χ1n) is 9.47. The van der Waals surface area contributed by atoms with Crippen molar-refractivity contribution in [2.75, 3.05) is 39.4 Å². The molecule has 1 fully saturated rings. The summed E-state index contributed by atoms with van der Waals surface area (Å²) in [5.41, 5.74) is 0. The number of aryl methyl sites for hydroxylation is 1. The SMILES string of the molecule is CCNC(=NCc1ccc(C)s1)NCC(CC(C)C)N1CCOCC1.I. The van der Waals surface area contributed by atoms with E-state index in [0.717, 1.165) is 51.9 Å². The van der Waals surface area contributed by atoms with Crippen LogP contribution in [0.15, 0.2) is 17.1 Å². The Morgan fingerprint density at radius 3 is 2.58 bits per heavy atom. The van der Waals surface area contributed by atoms with E-state index in [4.69, 9.17) is 9.73 Å². The molecule has 0 spiro atoms. The van der Waals surface area contributed by atoms with Gasteiger partial charge >= 0.3 is 0 Å². The first-order valence-corrected chi connectivity index (χ1v) is 10.3. The van der Waals surface area contributed by atoms with Gasteiger partial charge in [0.1, 0.15) is 0 Å². The van der Waals surface area contributed by atoms with E-state index in [-0.39, 0.29) is 24.0 Å². The van der Waals surface area contributed by atoms with Crippen LogP contribution in [0.1, 0.15) is 36.9 Å². The van der Waals surface area contributed by atoms with Crippen molar-refractivity contribution in [3.05, 3.63) is 21.9 Å². The third kappa shape index (κ3) is 8.54. The Bertz CT molecular complexity index is 529. The molecule has 1 unspecified atom stereocenters. The Morgan fingerprint density at radius 1 is 1.27 bits per heavy atom. The molecule has 2 N–H and O–H groups in total. The summed E-state index contributed by atoms with van der Waals surface area (Å²) in [7, 11) is 0. The number of thiophene rings is 1. The van der Waals surface area contributed by atoms with Gasteiger partial charge in [0, 0.05) is 42.0 Å². The number of hydrogen-bond acceptors (Lipinski definition) is 4. The van der Waals surface area contributed by atoms with E-state index in [0.29, 0.717) is 12.0 Å². The molecule has 1 aliphatic rings. The predicted molar refractivity (Wildman–Crippen MR) is 123 cm³/mol. The Balaban J connectivity index is 0.00000338. The lowest BCUT2D eigenvalue weighted by molar-refractivity contribution is 0.0132. The van der Waals surface area contributed by atoms with Crippen LogP contribution in [0.25, 0.3) is 0 Å². The molecular formula is C19H35IN4OS. The summed E-state index contributed by atoms with van der Waals surface area (Å²) in [6.07, 6.45) is 1.19. The molecule has 7 heteroatoms. The molecule has 150 valence electrons. The Labute approximate surface area is 180 Å². The lowest BCUT2D eigenvalue weighted by Crippen LogP contribution is -2.51. The van der Waals surface area contributed by atoms with E-state index in [9.17, 15) is 0 Å². The molecule has 2 rings (SSSR count). The van der Waals surface area contributed by atoms with Gasteiger partial charge in [-0.05, 0) is 38.3 Å². The highest BCUT2D eigenvalue weighted by atomic mass is 127. The van der Waals surface area contributed by atoms with Gasteiger partial charge in [0.15, 0.2) is 5.96 Å². The van der Waals surface area contributed by atoms with Crippen LogP contribution >= 0.6 is 35.3 Å². The molecule has 1 aromatic heterocycles. The van der Waals surface area contributed by atoms with Gasteiger partial charge < -0.3 is 15.4 Å². The molecule has 26 heavy (non-hydrogen) atoms. The van der Waals surface area contributed by atoms with Gasteiger partial charge in [0.05, 0.1) is 19.8 Å². The molecule has 1 aliphatic heterocycles. The smallest absolute Gasteiger partial charge is 0.191 e. The van der Waals surface area contributed by atoms with Crippen LogP contribution in [-0.2, 0) is 11.3 Å². The number of guanidine groups is 1. The van der Waals surface area contributed by atoms with Crippen molar-refractivity contribution in [1.29, 1.82) is 0 Å². The molecule has 0 radical (unpaired) electrons. The summed E-state index contributed by atoms with van der Waals surface area (Å²) in [5, 5.41) is 6.93. The maximum Gasteiger partial charge on any atom is 0.191 e. The summed E-state index contributed by atoms with van der Waals surface area (Å²) in [4.78, 5) is 9.96. The molecule has 1 atom stereocenters. The minimum atomic E-state index is 0. The molecule has 0 aromatic carbocycles. The van der Waals surface area contributed by atoms with E-state index in [1.807, 2.05) is 11.3 Å². The van der Waals surface area contributed by atoms with Crippen LogP contribution in [0.3, 0.4) is 0 Å². The highest BCUT2D eigenvalue weighted by molar-refractivity contribution is 14.0. The Morgan fingerprint density at radius 2 is 2.00 bits per heavy atom. The van der Waals surface area contributed by atoms with E-state index in [1.165, 1.54) is 16.2 Å². The minimum Gasteiger partial charge on any atom is -0.379 e. The summed E-state index contributed by atoms with van der Waals surface area (Å²) in [5.74, 6) is 1.60. The van der Waals surface area contributed by atoms with Gasteiger partial charge in [0.2, 0.25) is 0 Å². The largest absolute Gasteiger partial charge is 0.379 e. The van der Waals surface area contributed by atoms with Crippen molar-refractivity contribution in [3.8, 4) is 0 Å². The molecule has 0 amide bonds. The average molecular weight is 494 g/mol. The van der Waals surface area contributed by atoms with Crippen molar-refractivity contribution in [2.24, 2.45) is 10.9 Å². The molecule has 5 nitrogen and oxygen atoms in total. The third-order valence-electron chi connectivity index (χ3n) is 4.34. The summed E-state index contributed by atoms with van der Waals surface area (Å²) < 4.78 is 5.51. The molecule has 1 saturated heterocycles. The van der Waals surface area contributed by atoms with E-state index < -0.39 is 0 Å². The fourth-order valence-corrected chi connectivity index (χ4v) is 3.95. The van der Waals surface area contributed by atoms with Crippen molar-refractivity contribution in [2.45, 2.75) is 46.7 Å². The van der Waals surface area contributed by atoms with Gasteiger partial charge in [0.25, 0.3) is 0 Å². The van der Waals surface area contributed by atoms with Gasteiger partial charge in [-0.2, -0.15) is 0 Å². The van der Waals surface area contributed by atoms with Crippen LogP contribution in [0.5, 0.6) is 0 Å². The number of morpholine rings is 1. The highest BCUT2D eigenvalue weighted by Gasteiger charge is 2.22. The van der Waals surface area contributed by atoms with E-state index in [1.54, 1.807) is 0 Å². The molecular weight excluding hydrogens is 459 g/mol. The number of nitrogens with zero attached hydrogens (tertiary/aromatic N) is 2. The van der Waals surface area contributed by atoms with Crippen LogP contribution in [0, 0.1) is 12.8 Å². The lowest BCUT2D eigenvalue weighted by atomic mass is 10.0. The Kier molecular flexibility index (Phi) is 11.7. The first-order chi connectivity index (χ1) is 12.1. The zero-order valence-electron chi connectivity index (χ0n) is 16.6. The van der Waals surface area contributed by atoms with Crippen molar-refractivity contribution >= 4 is 41.3 Å². The van der Waals surface area contributed by atoms with E-state index >= 15 is 0 Å². The number of aliphatic imine (C=N–C) groups is 1. The normalized spacial score (nSPS) is 17.0. The first kappa shape index (κ1) is 23.7. The number of nitrogens with one attached hydrogen (secondary N) is 2. The number of ether oxygens (including phenoxy) is 1. The third-order valence-corrected chi connectivity index (χ3v) is 5.33. The van der Waals surface area contributed by atoms with Crippen molar-refractivity contribution in [3.63, 3.8) is 0 Å². The topological polar surface area (TPSA) is 48.9 Å². The second-order valence-corrected chi connectivity index (χ2v) is 8.39. The maximum absolute atomic E-state index is 5.51. The fourth-order valence-electron chi connectivity index (χ4n) is 3.13. The minimum absolute atomic E-state index is 0. The van der Waals surface area contributed by atoms with Crippen molar-refractivity contribution < 1.29 is 4.74 Å². The number of rotatable bonds is 8. The van der Waals surface area contributed by atoms with Crippen molar-refractivity contribution in [1.82, 2.24) is 15.5 Å². The van der Waals surface area contributed by atoms with E-state index in [2.05, 4.69) is 55.4 Å². The quantitative estimate of drug-likeness (QED) is 0.330. The zero-order chi connectivity index (χ0) is 18.1. The lowest BCUT2D eigenvalue weighted by Gasteiger charge is -2.35. The molecule has 0 bridgehead atoms. The standard InChI is InChI=1S/C19H34N4OS.HI/c1-5-20-19(22-14-18-7-6-16(4)25-18)21-13-17(12-15(2)3)23-8-10-24-11-9-23;/h6-7,15,17H,5,8-14H2,1-4H3,(H2,20,21,22);1H. The van der Waals surface area contributed by atoms with Crippen LogP contribution in [0.4, 0.5) is 0 Å². The maximum atomic E-state index is 5.51. The van der Waals surface area contributed by atoms with Gasteiger partial charge in [-0.3, -0.25) is 4.90 Å². The van der Waals surface area contributed by atoms with Gasteiger partial charge in [-0.25, -0.2) is 4.99 Å². The van der Waals surface area contributed by atoms with Crippen LogP contribution < -0.4 is 10.6 Å². The summed E-state index contributed by atoms with van der Waals surface area (Å²) in [6, 6.07) is 4.85. The van der Waals surface area contributed by atoms with Crippen LogP contribution in [-0.4, -0.2) is 56.3 Å². The highest BCUT2D eigenvalue weighted by Crippen LogP contribution is 2.16. The monoisotopic (exact) mass is 494 g/mol. The molecule has 1 aromatic rings. The second-order valence-electron chi connectivity index (χ2n) is 7.02. The summed E-state index contributed by atoms with van der Waals surface area (Å²) >= 11 is 1.82.